The van der Waals surface area contributed by atoms with Gasteiger partial charge in [-0.15, -0.1) is 0 Å². The normalized spacial score (nSPS) is 12.1. The average molecular weight is 426 g/mol. The molecule has 2 aromatic carbocycles. The second-order valence-corrected chi connectivity index (χ2v) is 7.82. The molecule has 3 N–H and O–H groups in total. The molecule has 2 rings (SSSR count). The number of hydrogen-bond acceptors (Lipinski definition) is 4. The van der Waals surface area contributed by atoms with Crippen molar-refractivity contribution in [3.63, 3.8) is 0 Å². The third kappa shape index (κ3) is 7.08. The summed E-state index contributed by atoms with van der Waals surface area (Å²) in [5, 5.41) is 5.93. The van der Waals surface area contributed by atoms with Gasteiger partial charge in [-0.05, 0) is 35.9 Å². The fourth-order valence-corrected chi connectivity index (χ4v) is 3.43. The standard InChI is InChI=1S/C19H24F2N4O3S/c1-22-19(24-13-15-11-16(20)5-8-18(15)21)23-12-14-3-6-17(7-4-14)29(26,27)25-9-10-28-2/h3-8,11,25H,9-10,12-13H2,1-2H3,(H2,22,23,24). The van der Waals surface area contributed by atoms with Crippen LogP contribution >= 0.6 is 0 Å². The van der Waals surface area contributed by atoms with E-state index in [1.54, 1.807) is 19.2 Å². The molecular formula is C19H24F2N4O3S. The third-order valence-electron chi connectivity index (χ3n) is 3.97. The van der Waals surface area contributed by atoms with E-state index >= 15 is 0 Å². The molecule has 0 aliphatic carbocycles. The number of nitrogens with zero attached hydrogens (tertiary/aromatic N) is 1. The van der Waals surface area contributed by atoms with E-state index in [-0.39, 0.29) is 30.2 Å². The van der Waals surface area contributed by atoms with Gasteiger partial charge in [0.1, 0.15) is 11.6 Å². The van der Waals surface area contributed by atoms with E-state index in [1.807, 2.05) is 0 Å². The molecule has 0 radical (unpaired) electrons. The van der Waals surface area contributed by atoms with Crippen LogP contribution < -0.4 is 15.4 Å². The lowest BCUT2D eigenvalue weighted by atomic mass is 10.2. The van der Waals surface area contributed by atoms with Crippen molar-refractivity contribution in [2.45, 2.75) is 18.0 Å². The first kappa shape index (κ1) is 22.7. The summed E-state index contributed by atoms with van der Waals surface area (Å²) in [6.07, 6.45) is 0. The number of benzene rings is 2. The number of hydrogen-bond donors (Lipinski definition) is 3. The molecule has 10 heteroatoms. The van der Waals surface area contributed by atoms with Crippen LogP contribution in [0.5, 0.6) is 0 Å². The summed E-state index contributed by atoms with van der Waals surface area (Å²) in [6, 6.07) is 9.62. The molecule has 0 aliphatic heterocycles. The molecule has 0 unspecified atom stereocenters. The minimum Gasteiger partial charge on any atom is -0.383 e. The van der Waals surface area contributed by atoms with Gasteiger partial charge in [0, 0.05) is 39.4 Å². The molecule has 0 atom stereocenters. The fourth-order valence-electron chi connectivity index (χ4n) is 2.41. The quantitative estimate of drug-likeness (QED) is 0.323. The molecule has 0 amide bonds. The zero-order valence-corrected chi connectivity index (χ0v) is 17.0. The van der Waals surface area contributed by atoms with Crippen LogP contribution in [0.2, 0.25) is 0 Å². The Kier molecular flexibility index (Phi) is 8.50. The number of halogens is 2. The van der Waals surface area contributed by atoms with Crippen molar-refractivity contribution in [2.75, 3.05) is 27.3 Å². The van der Waals surface area contributed by atoms with E-state index in [1.165, 1.54) is 19.2 Å². The summed E-state index contributed by atoms with van der Waals surface area (Å²) >= 11 is 0. The third-order valence-corrected chi connectivity index (χ3v) is 5.45. The predicted octanol–water partition coefficient (Wildman–Crippen LogP) is 1.75. The first-order valence-corrected chi connectivity index (χ1v) is 10.3. The number of rotatable bonds is 9. The average Bonchev–Trinajstić information content (AvgIpc) is 2.71. The van der Waals surface area contributed by atoms with Crippen LogP contribution in [0.1, 0.15) is 11.1 Å². The second kappa shape index (κ2) is 10.8. The van der Waals surface area contributed by atoms with Gasteiger partial charge >= 0.3 is 0 Å². The van der Waals surface area contributed by atoms with Gasteiger partial charge < -0.3 is 15.4 Å². The number of nitrogens with one attached hydrogen (secondary N) is 3. The monoisotopic (exact) mass is 426 g/mol. The van der Waals surface area contributed by atoms with Gasteiger partial charge in [0.05, 0.1) is 11.5 Å². The Bertz CT molecular complexity index is 935. The molecule has 0 fully saturated rings. The first-order valence-electron chi connectivity index (χ1n) is 8.81. The Morgan fingerprint density at radius 2 is 1.76 bits per heavy atom. The van der Waals surface area contributed by atoms with E-state index < -0.39 is 21.7 Å². The zero-order valence-electron chi connectivity index (χ0n) is 16.2. The highest BCUT2D eigenvalue weighted by Crippen LogP contribution is 2.11. The maximum atomic E-state index is 13.7. The van der Waals surface area contributed by atoms with Crippen molar-refractivity contribution in [3.8, 4) is 0 Å². The number of aliphatic imine (C=N–C) groups is 1. The summed E-state index contributed by atoms with van der Waals surface area (Å²) in [7, 11) is -0.537. The highest BCUT2D eigenvalue weighted by Gasteiger charge is 2.13. The summed E-state index contributed by atoms with van der Waals surface area (Å²) in [6.45, 7) is 0.902. The topological polar surface area (TPSA) is 91.8 Å². The Balaban J connectivity index is 1.90. The molecule has 0 spiro atoms. The Morgan fingerprint density at radius 3 is 2.41 bits per heavy atom. The van der Waals surface area contributed by atoms with Gasteiger partial charge in [0.2, 0.25) is 10.0 Å². The van der Waals surface area contributed by atoms with Crippen molar-refractivity contribution in [3.05, 3.63) is 65.2 Å². The number of guanidine groups is 1. The van der Waals surface area contributed by atoms with Crippen LogP contribution in [0.15, 0.2) is 52.4 Å². The first-order chi connectivity index (χ1) is 13.9. The van der Waals surface area contributed by atoms with Crippen molar-refractivity contribution < 1.29 is 21.9 Å². The van der Waals surface area contributed by atoms with Crippen LogP contribution in [-0.4, -0.2) is 41.7 Å². The molecule has 0 heterocycles. The molecule has 0 bridgehead atoms. The number of sulfonamides is 1. The minimum absolute atomic E-state index is 0.0631. The smallest absolute Gasteiger partial charge is 0.240 e. The molecule has 0 aromatic heterocycles. The fraction of sp³-hybridized carbons (Fsp3) is 0.316. The molecule has 0 saturated heterocycles. The van der Waals surface area contributed by atoms with Gasteiger partial charge in [0.25, 0.3) is 0 Å². The molecule has 2 aromatic rings. The van der Waals surface area contributed by atoms with Crippen LogP contribution in [0.4, 0.5) is 8.78 Å². The van der Waals surface area contributed by atoms with Gasteiger partial charge in [-0.25, -0.2) is 21.9 Å². The van der Waals surface area contributed by atoms with E-state index in [4.69, 9.17) is 4.74 Å². The van der Waals surface area contributed by atoms with Crippen molar-refractivity contribution >= 4 is 16.0 Å². The highest BCUT2D eigenvalue weighted by atomic mass is 32.2. The van der Waals surface area contributed by atoms with Crippen LogP contribution in [-0.2, 0) is 27.8 Å². The summed E-state index contributed by atoms with van der Waals surface area (Å²) < 4.78 is 58.4. The van der Waals surface area contributed by atoms with Gasteiger partial charge in [0.15, 0.2) is 5.96 Å². The van der Waals surface area contributed by atoms with Crippen molar-refractivity contribution in [1.29, 1.82) is 0 Å². The zero-order chi connectivity index (χ0) is 21.3. The van der Waals surface area contributed by atoms with Gasteiger partial charge in [-0.2, -0.15) is 0 Å². The predicted molar refractivity (Wildman–Crippen MR) is 107 cm³/mol. The molecule has 158 valence electrons. The lowest BCUT2D eigenvalue weighted by Crippen LogP contribution is -2.36. The maximum Gasteiger partial charge on any atom is 0.240 e. The van der Waals surface area contributed by atoms with E-state index in [2.05, 4.69) is 20.3 Å². The van der Waals surface area contributed by atoms with Crippen LogP contribution in [0.3, 0.4) is 0 Å². The summed E-state index contributed by atoms with van der Waals surface area (Å²) in [5.74, 6) is -0.630. The van der Waals surface area contributed by atoms with E-state index in [0.29, 0.717) is 12.5 Å². The van der Waals surface area contributed by atoms with Crippen LogP contribution in [0.25, 0.3) is 0 Å². The lowest BCUT2D eigenvalue weighted by Gasteiger charge is -2.13. The summed E-state index contributed by atoms with van der Waals surface area (Å²) in [5.41, 5.74) is 1.00. The Labute approximate surface area is 169 Å². The minimum atomic E-state index is -3.58. The largest absolute Gasteiger partial charge is 0.383 e. The van der Waals surface area contributed by atoms with Crippen molar-refractivity contribution in [2.24, 2.45) is 4.99 Å². The summed E-state index contributed by atoms with van der Waals surface area (Å²) in [4.78, 5) is 4.18. The maximum absolute atomic E-state index is 13.7. The van der Waals surface area contributed by atoms with Gasteiger partial charge in [-0.1, -0.05) is 12.1 Å². The van der Waals surface area contributed by atoms with Crippen LogP contribution in [0, 0.1) is 11.6 Å². The second-order valence-electron chi connectivity index (χ2n) is 6.05. The Morgan fingerprint density at radius 1 is 1.07 bits per heavy atom. The molecular weight excluding hydrogens is 402 g/mol. The van der Waals surface area contributed by atoms with E-state index in [0.717, 1.165) is 23.8 Å². The molecule has 0 saturated carbocycles. The van der Waals surface area contributed by atoms with Gasteiger partial charge in [-0.3, -0.25) is 4.99 Å². The van der Waals surface area contributed by atoms with Crippen molar-refractivity contribution in [1.82, 2.24) is 15.4 Å². The number of methoxy groups -OCH3 is 1. The SMILES string of the molecule is CN=C(NCc1ccc(S(=O)(=O)NCCOC)cc1)NCc1cc(F)ccc1F. The molecule has 0 aliphatic rings. The molecule has 29 heavy (non-hydrogen) atoms. The Hall–Kier alpha value is -2.56. The molecule has 7 nitrogen and oxygen atoms in total. The highest BCUT2D eigenvalue weighted by molar-refractivity contribution is 7.89. The van der Waals surface area contributed by atoms with E-state index in [9.17, 15) is 17.2 Å². The number of ether oxygens (including phenoxy) is 1. The lowest BCUT2D eigenvalue weighted by molar-refractivity contribution is 0.204.